The Morgan fingerprint density at radius 1 is 1.22 bits per heavy atom. The van der Waals surface area contributed by atoms with Crippen molar-refractivity contribution in [2.45, 2.75) is 19.9 Å². The van der Waals surface area contributed by atoms with Gasteiger partial charge in [-0.2, -0.15) is 4.98 Å². The van der Waals surface area contributed by atoms with Crippen LogP contribution in [0.2, 0.25) is 5.02 Å². The molecule has 1 aliphatic heterocycles. The summed E-state index contributed by atoms with van der Waals surface area (Å²) in [6.45, 7) is 6.77. The highest BCUT2D eigenvalue weighted by molar-refractivity contribution is 6.30. The molecule has 122 valence electrons. The molecular formula is C16H19ClN4O2. The molecule has 2 heterocycles. The molecule has 1 saturated heterocycles. The second kappa shape index (κ2) is 6.68. The molecule has 1 aromatic heterocycles. The molecule has 1 aromatic carbocycles. The Labute approximate surface area is 140 Å². The molecule has 0 bridgehead atoms. The molecule has 1 amide bonds. The van der Waals surface area contributed by atoms with Gasteiger partial charge in [-0.15, -0.1) is 0 Å². The Morgan fingerprint density at radius 2 is 1.87 bits per heavy atom. The number of carbonyl (C=O) groups is 1. The molecule has 1 fully saturated rings. The van der Waals surface area contributed by atoms with Gasteiger partial charge in [0.15, 0.2) is 5.82 Å². The van der Waals surface area contributed by atoms with Crippen molar-refractivity contribution in [2.24, 2.45) is 0 Å². The number of amides is 1. The lowest BCUT2D eigenvalue weighted by Gasteiger charge is -2.36. The van der Waals surface area contributed by atoms with Gasteiger partial charge in [-0.3, -0.25) is 9.69 Å². The van der Waals surface area contributed by atoms with Gasteiger partial charge in [0.2, 0.25) is 5.89 Å². The summed E-state index contributed by atoms with van der Waals surface area (Å²) in [5, 5.41) is 4.47. The fourth-order valence-electron chi connectivity index (χ4n) is 2.73. The Bertz CT molecular complexity index is 678. The van der Waals surface area contributed by atoms with Crippen molar-refractivity contribution in [1.29, 1.82) is 0 Å². The van der Waals surface area contributed by atoms with Gasteiger partial charge in [-0.25, -0.2) is 0 Å². The number of nitrogens with zero attached hydrogens (tertiary/aromatic N) is 4. The van der Waals surface area contributed by atoms with Crippen molar-refractivity contribution in [2.75, 3.05) is 26.2 Å². The Morgan fingerprint density at radius 3 is 2.43 bits per heavy atom. The number of benzene rings is 1. The number of halogens is 1. The van der Waals surface area contributed by atoms with E-state index in [2.05, 4.69) is 15.0 Å². The first-order valence-corrected chi connectivity index (χ1v) is 8.01. The summed E-state index contributed by atoms with van der Waals surface area (Å²) in [6, 6.07) is 7.07. The smallest absolute Gasteiger partial charge is 0.253 e. The van der Waals surface area contributed by atoms with Crippen molar-refractivity contribution in [3.63, 3.8) is 0 Å². The zero-order valence-electron chi connectivity index (χ0n) is 13.2. The summed E-state index contributed by atoms with van der Waals surface area (Å²) in [7, 11) is 0. The van der Waals surface area contributed by atoms with E-state index in [9.17, 15) is 4.79 Å². The largest absolute Gasteiger partial charge is 0.338 e. The molecule has 0 unspecified atom stereocenters. The Hall–Kier alpha value is -1.92. The number of aromatic nitrogens is 2. The van der Waals surface area contributed by atoms with Crippen molar-refractivity contribution in [3.05, 3.63) is 46.6 Å². The summed E-state index contributed by atoms with van der Waals surface area (Å²) in [6.07, 6.45) is 0. The minimum atomic E-state index is 0.0441. The average Bonchev–Trinajstić information content (AvgIpc) is 3.01. The van der Waals surface area contributed by atoms with Gasteiger partial charge in [0.25, 0.3) is 5.91 Å². The van der Waals surface area contributed by atoms with Crippen LogP contribution in [0.25, 0.3) is 0 Å². The Kier molecular flexibility index (Phi) is 4.63. The summed E-state index contributed by atoms with van der Waals surface area (Å²) >= 11 is 5.86. The van der Waals surface area contributed by atoms with Crippen LogP contribution in [0.4, 0.5) is 0 Å². The molecule has 1 atom stereocenters. The van der Waals surface area contributed by atoms with Crippen molar-refractivity contribution >= 4 is 17.5 Å². The third-order valence-corrected chi connectivity index (χ3v) is 4.39. The molecule has 7 heteroatoms. The highest BCUT2D eigenvalue weighted by Gasteiger charge is 2.27. The van der Waals surface area contributed by atoms with E-state index in [4.69, 9.17) is 16.1 Å². The number of piperazine rings is 1. The third kappa shape index (κ3) is 3.54. The predicted octanol–water partition coefficient (Wildman–Crippen LogP) is 2.55. The minimum absolute atomic E-state index is 0.0441. The fourth-order valence-corrected chi connectivity index (χ4v) is 2.85. The van der Waals surface area contributed by atoms with Crippen LogP contribution in [-0.4, -0.2) is 52.0 Å². The molecule has 3 rings (SSSR count). The second-order valence-corrected chi connectivity index (χ2v) is 6.13. The summed E-state index contributed by atoms with van der Waals surface area (Å²) < 4.78 is 5.24. The van der Waals surface area contributed by atoms with E-state index in [1.165, 1.54) is 0 Å². The quantitative estimate of drug-likeness (QED) is 0.863. The molecule has 23 heavy (non-hydrogen) atoms. The highest BCUT2D eigenvalue weighted by Crippen LogP contribution is 2.21. The lowest BCUT2D eigenvalue weighted by molar-refractivity contribution is 0.0551. The summed E-state index contributed by atoms with van der Waals surface area (Å²) in [5.41, 5.74) is 0.670. The van der Waals surface area contributed by atoms with Crippen molar-refractivity contribution in [3.8, 4) is 0 Å². The van der Waals surface area contributed by atoms with Crippen LogP contribution in [0.15, 0.2) is 28.8 Å². The number of rotatable bonds is 3. The molecule has 1 aliphatic rings. The van der Waals surface area contributed by atoms with Crippen LogP contribution in [0.1, 0.15) is 35.0 Å². The average molecular weight is 335 g/mol. The van der Waals surface area contributed by atoms with Gasteiger partial charge < -0.3 is 9.42 Å². The molecule has 0 radical (unpaired) electrons. The number of hydrogen-bond acceptors (Lipinski definition) is 5. The lowest BCUT2D eigenvalue weighted by Crippen LogP contribution is -2.49. The number of hydrogen-bond donors (Lipinski definition) is 0. The van der Waals surface area contributed by atoms with Gasteiger partial charge in [0.05, 0.1) is 6.04 Å². The van der Waals surface area contributed by atoms with E-state index < -0.39 is 0 Å². The van der Waals surface area contributed by atoms with E-state index in [0.717, 1.165) is 13.1 Å². The van der Waals surface area contributed by atoms with Crippen LogP contribution < -0.4 is 0 Å². The zero-order chi connectivity index (χ0) is 16.4. The molecule has 0 N–H and O–H groups in total. The molecule has 6 nitrogen and oxygen atoms in total. The first-order chi connectivity index (χ1) is 11.0. The first-order valence-electron chi connectivity index (χ1n) is 7.63. The molecule has 0 saturated carbocycles. The van der Waals surface area contributed by atoms with Gasteiger partial charge in [0.1, 0.15) is 0 Å². The van der Waals surface area contributed by atoms with Crippen molar-refractivity contribution in [1.82, 2.24) is 19.9 Å². The van der Waals surface area contributed by atoms with Crippen LogP contribution >= 0.6 is 11.6 Å². The number of carbonyl (C=O) groups excluding carboxylic acids is 1. The van der Waals surface area contributed by atoms with Crippen LogP contribution in [-0.2, 0) is 0 Å². The molecule has 2 aromatic rings. The van der Waals surface area contributed by atoms with Crippen molar-refractivity contribution < 1.29 is 9.32 Å². The van der Waals surface area contributed by atoms with Gasteiger partial charge >= 0.3 is 0 Å². The third-order valence-electron chi connectivity index (χ3n) is 4.14. The maximum Gasteiger partial charge on any atom is 0.253 e. The summed E-state index contributed by atoms with van der Waals surface area (Å²) in [4.78, 5) is 20.9. The first kappa shape index (κ1) is 16.0. The van der Waals surface area contributed by atoms with Crippen LogP contribution in [0.3, 0.4) is 0 Å². The summed E-state index contributed by atoms with van der Waals surface area (Å²) in [5.74, 6) is 1.31. The standard InChI is InChI=1S/C16H19ClN4O2/c1-11(15-18-12(2)19-23-15)20-7-9-21(10-8-20)16(22)13-3-5-14(17)6-4-13/h3-6,11H,7-10H2,1-2H3/t11-/m0/s1. The normalized spacial score (nSPS) is 17.3. The maximum atomic E-state index is 12.5. The van der Waals surface area contributed by atoms with E-state index in [0.29, 0.717) is 35.4 Å². The van der Waals surface area contributed by atoms with E-state index >= 15 is 0 Å². The van der Waals surface area contributed by atoms with E-state index in [1.54, 1.807) is 24.3 Å². The predicted molar refractivity (Wildman–Crippen MR) is 86.4 cm³/mol. The number of aryl methyl sites for hydroxylation is 1. The zero-order valence-corrected chi connectivity index (χ0v) is 14.0. The maximum absolute atomic E-state index is 12.5. The topological polar surface area (TPSA) is 62.5 Å². The monoisotopic (exact) mass is 334 g/mol. The highest BCUT2D eigenvalue weighted by atomic mass is 35.5. The molecule has 0 spiro atoms. The van der Waals surface area contributed by atoms with Gasteiger partial charge in [0, 0.05) is 36.8 Å². The fraction of sp³-hybridized carbons (Fsp3) is 0.438. The van der Waals surface area contributed by atoms with E-state index in [1.807, 2.05) is 18.7 Å². The molecule has 0 aliphatic carbocycles. The lowest BCUT2D eigenvalue weighted by atomic mass is 10.1. The SMILES string of the molecule is Cc1noc([C@H](C)N2CCN(C(=O)c3ccc(Cl)cc3)CC2)n1. The van der Waals surface area contributed by atoms with E-state index in [-0.39, 0.29) is 11.9 Å². The molecular weight excluding hydrogens is 316 g/mol. The minimum Gasteiger partial charge on any atom is -0.338 e. The van der Waals surface area contributed by atoms with Gasteiger partial charge in [-0.05, 0) is 38.1 Å². The Balaban J connectivity index is 1.59. The van der Waals surface area contributed by atoms with Gasteiger partial charge in [-0.1, -0.05) is 16.8 Å². The van der Waals surface area contributed by atoms with Crippen LogP contribution in [0, 0.1) is 6.92 Å². The second-order valence-electron chi connectivity index (χ2n) is 5.69. The van der Waals surface area contributed by atoms with Crippen LogP contribution in [0.5, 0.6) is 0 Å².